The molecule has 0 spiro atoms. The van der Waals surface area contributed by atoms with Crippen LogP contribution < -0.4 is 5.32 Å². The van der Waals surface area contributed by atoms with Crippen molar-refractivity contribution in [2.75, 3.05) is 26.0 Å². The van der Waals surface area contributed by atoms with Crippen LogP contribution in [0.1, 0.15) is 0 Å². The highest BCUT2D eigenvalue weighted by molar-refractivity contribution is 9.10. The van der Waals surface area contributed by atoms with Crippen molar-refractivity contribution in [3.05, 3.63) is 17.0 Å². The standard InChI is InChI=1S/C8H11BrN4O/c1-13(2)8(14)5-12-7-4-10-6(9)3-11-7/h3-4H,5H2,1-2H3,(H,11,12). The highest BCUT2D eigenvalue weighted by atomic mass is 79.9. The zero-order valence-electron chi connectivity index (χ0n) is 7.99. The molecule has 6 heteroatoms. The predicted octanol–water partition coefficient (Wildman–Crippen LogP) is 0.739. The van der Waals surface area contributed by atoms with Gasteiger partial charge in [0.05, 0.1) is 18.9 Å². The van der Waals surface area contributed by atoms with Crippen molar-refractivity contribution < 1.29 is 4.79 Å². The van der Waals surface area contributed by atoms with E-state index in [1.165, 1.54) is 4.90 Å². The summed E-state index contributed by atoms with van der Waals surface area (Å²) in [6.07, 6.45) is 3.13. The molecule has 0 saturated heterocycles. The fourth-order valence-corrected chi connectivity index (χ4v) is 0.933. The SMILES string of the molecule is CN(C)C(=O)CNc1cnc(Br)cn1. The van der Waals surface area contributed by atoms with Gasteiger partial charge in [-0.15, -0.1) is 0 Å². The van der Waals surface area contributed by atoms with Gasteiger partial charge in [0.15, 0.2) is 0 Å². The van der Waals surface area contributed by atoms with E-state index < -0.39 is 0 Å². The van der Waals surface area contributed by atoms with Gasteiger partial charge in [-0.3, -0.25) is 4.79 Å². The average molecular weight is 259 g/mol. The molecule has 14 heavy (non-hydrogen) atoms. The molecule has 0 aliphatic carbocycles. The molecule has 1 rings (SSSR count). The van der Waals surface area contributed by atoms with Gasteiger partial charge >= 0.3 is 0 Å². The first-order chi connectivity index (χ1) is 6.59. The van der Waals surface area contributed by atoms with E-state index in [9.17, 15) is 4.79 Å². The first-order valence-electron chi connectivity index (χ1n) is 4.01. The molecule has 0 bridgehead atoms. The zero-order chi connectivity index (χ0) is 10.6. The third-order valence-electron chi connectivity index (χ3n) is 1.54. The van der Waals surface area contributed by atoms with Crippen LogP contribution in [0.15, 0.2) is 17.0 Å². The molecule has 0 saturated carbocycles. The number of carbonyl (C=O) groups excluding carboxylic acids is 1. The van der Waals surface area contributed by atoms with Gasteiger partial charge in [-0.25, -0.2) is 9.97 Å². The van der Waals surface area contributed by atoms with E-state index in [-0.39, 0.29) is 12.5 Å². The number of amides is 1. The Morgan fingerprint density at radius 1 is 1.50 bits per heavy atom. The first-order valence-corrected chi connectivity index (χ1v) is 4.80. The number of rotatable bonds is 3. The molecule has 1 heterocycles. The Bertz CT molecular complexity index is 312. The summed E-state index contributed by atoms with van der Waals surface area (Å²) in [5.41, 5.74) is 0. The number of aromatic nitrogens is 2. The van der Waals surface area contributed by atoms with Gasteiger partial charge in [0.1, 0.15) is 10.4 Å². The molecule has 0 aromatic carbocycles. The summed E-state index contributed by atoms with van der Waals surface area (Å²) in [6.45, 7) is 0.226. The molecular formula is C8H11BrN4O. The molecule has 0 atom stereocenters. The van der Waals surface area contributed by atoms with Crippen LogP contribution in [0.4, 0.5) is 5.82 Å². The second-order valence-electron chi connectivity index (χ2n) is 2.87. The number of nitrogens with zero attached hydrogens (tertiary/aromatic N) is 3. The van der Waals surface area contributed by atoms with Crippen LogP contribution >= 0.6 is 15.9 Å². The number of nitrogens with one attached hydrogen (secondary N) is 1. The summed E-state index contributed by atoms with van der Waals surface area (Å²) in [7, 11) is 3.41. The molecule has 0 radical (unpaired) electrons. The Labute approximate surface area is 90.7 Å². The van der Waals surface area contributed by atoms with Gasteiger partial charge in [0.25, 0.3) is 0 Å². The minimum absolute atomic E-state index is 0.00489. The van der Waals surface area contributed by atoms with E-state index in [0.29, 0.717) is 10.4 Å². The lowest BCUT2D eigenvalue weighted by molar-refractivity contribution is -0.126. The number of halogens is 1. The van der Waals surface area contributed by atoms with Crippen LogP contribution in [0.25, 0.3) is 0 Å². The fourth-order valence-electron chi connectivity index (χ4n) is 0.728. The molecule has 1 N–H and O–H groups in total. The summed E-state index contributed by atoms with van der Waals surface area (Å²) in [5.74, 6) is 0.582. The van der Waals surface area contributed by atoms with Crippen LogP contribution in [0.2, 0.25) is 0 Å². The summed E-state index contributed by atoms with van der Waals surface area (Å²) in [6, 6.07) is 0. The largest absolute Gasteiger partial charge is 0.360 e. The maximum atomic E-state index is 11.2. The van der Waals surface area contributed by atoms with Crippen molar-refractivity contribution in [3.8, 4) is 0 Å². The van der Waals surface area contributed by atoms with Crippen molar-refractivity contribution in [2.24, 2.45) is 0 Å². The average Bonchev–Trinajstić information content (AvgIpc) is 2.16. The van der Waals surface area contributed by atoms with E-state index in [0.717, 1.165) is 0 Å². The molecule has 0 fully saturated rings. The van der Waals surface area contributed by atoms with Crippen molar-refractivity contribution in [1.82, 2.24) is 14.9 Å². The normalized spacial score (nSPS) is 9.64. The van der Waals surface area contributed by atoms with Crippen molar-refractivity contribution in [1.29, 1.82) is 0 Å². The van der Waals surface area contributed by atoms with E-state index in [1.54, 1.807) is 26.5 Å². The van der Waals surface area contributed by atoms with Gasteiger partial charge in [0, 0.05) is 14.1 Å². The molecule has 5 nitrogen and oxygen atoms in total. The molecule has 0 aliphatic heterocycles. The molecule has 0 aliphatic rings. The maximum absolute atomic E-state index is 11.2. The lowest BCUT2D eigenvalue weighted by Gasteiger charge is -2.10. The Hall–Kier alpha value is -1.17. The second-order valence-corrected chi connectivity index (χ2v) is 3.68. The first kappa shape index (κ1) is 10.9. The summed E-state index contributed by atoms with van der Waals surface area (Å²) in [4.78, 5) is 20.7. The third-order valence-corrected chi connectivity index (χ3v) is 1.95. The monoisotopic (exact) mass is 258 g/mol. The van der Waals surface area contributed by atoms with Gasteiger partial charge in [0.2, 0.25) is 5.91 Å². The van der Waals surface area contributed by atoms with Gasteiger partial charge in [-0.1, -0.05) is 0 Å². The van der Waals surface area contributed by atoms with E-state index in [2.05, 4.69) is 31.2 Å². The topological polar surface area (TPSA) is 58.1 Å². The third kappa shape index (κ3) is 3.29. The van der Waals surface area contributed by atoms with Gasteiger partial charge < -0.3 is 10.2 Å². The number of hydrogen-bond acceptors (Lipinski definition) is 4. The van der Waals surface area contributed by atoms with E-state index >= 15 is 0 Å². The minimum Gasteiger partial charge on any atom is -0.360 e. The number of anilines is 1. The van der Waals surface area contributed by atoms with Crippen LogP contribution in [0.5, 0.6) is 0 Å². The second kappa shape index (κ2) is 4.90. The molecule has 0 unspecified atom stereocenters. The van der Waals surface area contributed by atoms with Gasteiger partial charge in [-0.2, -0.15) is 0 Å². The van der Waals surface area contributed by atoms with E-state index in [4.69, 9.17) is 0 Å². The zero-order valence-corrected chi connectivity index (χ0v) is 9.58. The van der Waals surface area contributed by atoms with Crippen LogP contribution in [-0.4, -0.2) is 41.4 Å². The quantitative estimate of drug-likeness (QED) is 0.869. The Kier molecular flexibility index (Phi) is 3.82. The lowest BCUT2D eigenvalue weighted by Crippen LogP contribution is -2.28. The van der Waals surface area contributed by atoms with Crippen LogP contribution in [0.3, 0.4) is 0 Å². The molecule has 1 aromatic rings. The highest BCUT2D eigenvalue weighted by Gasteiger charge is 2.03. The smallest absolute Gasteiger partial charge is 0.241 e. The minimum atomic E-state index is -0.00489. The van der Waals surface area contributed by atoms with Crippen LogP contribution in [-0.2, 0) is 4.79 Å². The Morgan fingerprint density at radius 3 is 2.71 bits per heavy atom. The van der Waals surface area contributed by atoms with E-state index in [1.807, 2.05) is 0 Å². The Balaban J connectivity index is 2.46. The molecular weight excluding hydrogens is 248 g/mol. The van der Waals surface area contributed by atoms with Crippen molar-refractivity contribution in [3.63, 3.8) is 0 Å². The summed E-state index contributed by atoms with van der Waals surface area (Å²) < 4.78 is 0.669. The van der Waals surface area contributed by atoms with Gasteiger partial charge in [-0.05, 0) is 15.9 Å². The Morgan fingerprint density at radius 2 is 2.21 bits per heavy atom. The fraction of sp³-hybridized carbons (Fsp3) is 0.375. The molecule has 1 aromatic heterocycles. The van der Waals surface area contributed by atoms with Crippen molar-refractivity contribution in [2.45, 2.75) is 0 Å². The van der Waals surface area contributed by atoms with Crippen molar-refractivity contribution >= 4 is 27.7 Å². The predicted molar refractivity (Wildman–Crippen MR) is 56.9 cm³/mol. The molecule has 1 amide bonds. The highest BCUT2D eigenvalue weighted by Crippen LogP contribution is 2.05. The molecule has 76 valence electrons. The number of hydrogen-bond donors (Lipinski definition) is 1. The number of likely N-dealkylation sites (N-methyl/N-ethyl adjacent to an activating group) is 1. The summed E-state index contributed by atoms with van der Waals surface area (Å²) in [5, 5.41) is 2.87. The van der Waals surface area contributed by atoms with Crippen LogP contribution in [0, 0.1) is 0 Å². The summed E-state index contributed by atoms with van der Waals surface area (Å²) >= 11 is 3.17. The number of carbonyl (C=O) groups is 1. The maximum Gasteiger partial charge on any atom is 0.241 e. The lowest BCUT2D eigenvalue weighted by atomic mass is 10.5.